The van der Waals surface area contributed by atoms with Gasteiger partial charge in [-0.2, -0.15) is 5.10 Å². The van der Waals surface area contributed by atoms with Gasteiger partial charge < -0.3 is 10.3 Å². The monoisotopic (exact) mass is 398 g/mol. The Morgan fingerprint density at radius 1 is 1.17 bits per heavy atom. The molecule has 0 radical (unpaired) electrons. The Balaban J connectivity index is 1.38. The molecule has 1 fully saturated rings. The molecule has 0 atom stereocenters. The van der Waals surface area contributed by atoms with Crippen molar-refractivity contribution in [2.24, 2.45) is 7.05 Å². The van der Waals surface area contributed by atoms with Crippen LogP contribution in [0.4, 0.5) is 0 Å². The molecule has 0 saturated heterocycles. The smallest absolute Gasteiger partial charge is 0.259 e. The molecule has 1 aliphatic carbocycles. The van der Waals surface area contributed by atoms with Crippen molar-refractivity contribution < 1.29 is 4.79 Å². The molecule has 150 valence electrons. The van der Waals surface area contributed by atoms with Crippen LogP contribution in [0.1, 0.15) is 35.2 Å². The molecule has 1 saturated carbocycles. The zero-order valence-corrected chi connectivity index (χ0v) is 16.6. The fourth-order valence-electron chi connectivity index (χ4n) is 4.14. The SMILES string of the molecule is Cn1cc(C(=O)NC(=N)C2(c3ccc(-c4cnc5[nH]ccc5c4)cc3)CCC2)cn1. The van der Waals surface area contributed by atoms with E-state index in [1.807, 2.05) is 18.5 Å². The molecule has 30 heavy (non-hydrogen) atoms. The number of pyridine rings is 1. The van der Waals surface area contributed by atoms with Gasteiger partial charge in [-0.05, 0) is 36.1 Å². The largest absolute Gasteiger partial charge is 0.346 e. The number of hydrogen-bond donors (Lipinski definition) is 3. The zero-order chi connectivity index (χ0) is 20.7. The highest BCUT2D eigenvalue weighted by molar-refractivity contribution is 6.09. The van der Waals surface area contributed by atoms with Crippen molar-refractivity contribution in [3.63, 3.8) is 0 Å². The van der Waals surface area contributed by atoms with Crippen LogP contribution in [-0.2, 0) is 12.5 Å². The van der Waals surface area contributed by atoms with Gasteiger partial charge in [0.1, 0.15) is 11.5 Å². The number of rotatable bonds is 4. The molecule has 0 aliphatic heterocycles. The summed E-state index contributed by atoms with van der Waals surface area (Å²) in [4.78, 5) is 20.1. The minimum Gasteiger partial charge on any atom is -0.346 e. The fourth-order valence-corrected chi connectivity index (χ4v) is 4.14. The maximum absolute atomic E-state index is 12.5. The summed E-state index contributed by atoms with van der Waals surface area (Å²) in [5.74, 6) is -0.0346. The molecule has 0 unspecified atom stereocenters. The van der Waals surface area contributed by atoms with Gasteiger partial charge in [-0.25, -0.2) is 4.98 Å². The number of carbonyl (C=O) groups is 1. The van der Waals surface area contributed by atoms with Crippen molar-refractivity contribution in [1.29, 1.82) is 5.41 Å². The Morgan fingerprint density at radius 2 is 1.97 bits per heavy atom. The number of aromatic amines is 1. The van der Waals surface area contributed by atoms with Gasteiger partial charge in [0.2, 0.25) is 0 Å². The van der Waals surface area contributed by atoms with Crippen molar-refractivity contribution in [2.75, 3.05) is 0 Å². The van der Waals surface area contributed by atoms with Crippen LogP contribution in [0, 0.1) is 5.41 Å². The fraction of sp³-hybridized carbons (Fsp3) is 0.217. The lowest BCUT2D eigenvalue weighted by molar-refractivity contribution is 0.0972. The number of amides is 1. The molecule has 1 aliphatic rings. The quantitative estimate of drug-likeness (QED) is 0.360. The van der Waals surface area contributed by atoms with Crippen LogP contribution in [0.3, 0.4) is 0 Å². The number of amidine groups is 1. The van der Waals surface area contributed by atoms with E-state index in [0.717, 1.165) is 47.0 Å². The van der Waals surface area contributed by atoms with E-state index < -0.39 is 5.41 Å². The highest BCUT2D eigenvalue weighted by Crippen LogP contribution is 2.44. The Labute approximate surface area is 173 Å². The summed E-state index contributed by atoms with van der Waals surface area (Å²) in [6.07, 6.45) is 9.67. The van der Waals surface area contributed by atoms with E-state index in [1.54, 1.807) is 17.9 Å². The van der Waals surface area contributed by atoms with Gasteiger partial charge in [-0.15, -0.1) is 0 Å². The van der Waals surface area contributed by atoms with Crippen LogP contribution in [0.2, 0.25) is 0 Å². The number of nitrogens with zero attached hydrogens (tertiary/aromatic N) is 3. The number of carbonyl (C=O) groups excluding carboxylic acids is 1. The van der Waals surface area contributed by atoms with Gasteiger partial charge in [-0.3, -0.25) is 14.9 Å². The first-order valence-corrected chi connectivity index (χ1v) is 9.98. The summed E-state index contributed by atoms with van der Waals surface area (Å²) < 4.78 is 1.58. The molecule has 1 amide bonds. The van der Waals surface area contributed by atoms with Gasteiger partial charge in [0.25, 0.3) is 5.91 Å². The number of nitrogens with one attached hydrogen (secondary N) is 3. The molecule has 7 heteroatoms. The minimum absolute atomic E-state index is 0.255. The summed E-state index contributed by atoms with van der Waals surface area (Å²) in [6.45, 7) is 0. The molecular weight excluding hydrogens is 376 g/mol. The molecule has 7 nitrogen and oxygen atoms in total. The number of H-pyrrole nitrogens is 1. The molecule has 3 N–H and O–H groups in total. The zero-order valence-electron chi connectivity index (χ0n) is 16.6. The lowest BCUT2D eigenvalue weighted by atomic mass is 9.63. The first-order valence-electron chi connectivity index (χ1n) is 9.98. The van der Waals surface area contributed by atoms with E-state index >= 15 is 0 Å². The second kappa shape index (κ2) is 6.95. The summed E-state index contributed by atoms with van der Waals surface area (Å²) in [5.41, 5.74) is 4.09. The maximum atomic E-state index is 12.5. The Bertz CT molecular complexity index is 1250. The highest BCUT2D eigenvalue weighted by atomic mass is 16.1. The average Bonchev–Trinajstić information content (AvgIpc) is 3.36. The Kier molecular flexibility index (Phi) is 4.24. The van der Waals surface area contributed by atoms with Gasteiger partial charge in [0, 0.05) is 36.6 Å². The number of fused-ring (bicyclic) bond motifs is 1. The number of hydrogen-bond acceptors (Lipinski definition) is 4. The van der Waals surface area contributed by atoms with Gasteiger partial charge in [-0.1, -0.05) is 30.7 Å². The van der Waals surface area contributed by atoms with E-state index in [0.29, 0.717) is 5.56 Å². The number of aromatic nitrogens is 4. The minimum atomic E-state index is -0.431. The van der Waals surface area contributed by atoms with Crippen LogP contribution < -0.4 is 5.32 Å². The van der Waals surface area contributed by atoms with Crippen LogP contribution in [-0.4, -0.2) is 31.5 Å². The van der Waals surface area contributed by atoms with Crippen molar-refractivity contribution in [1.82, 2.24) is 25.1 Å². The lowest BCUT2D eigenvalue weighted by Gasteiger charge is -2.42. The molecule has 3 heterocycles. The molecule has 3 aromatic heterocycles. The molecular formula is C23H22N6O. The summed E-state index contributed by atoms with van der Waals surface area (Å²) in [5, 5.41) is 16.5. The van der Waals surface area contributed by atoms with Crippen molar-refractivity contribution >= 4 is 22.8 Å². The molecule has 1 aromatic carbocycles. The van der Waals surface area contributed by atoms with Crippen molar-refractivity contribution in [2.45, 2.75) is 24.7 Å². The number of benzene rings is 1. The third-order valence-electron chi connectivity index (χ3n) is 6.06. The van der Waals surface area contributed by atoms with Gasteiger partial charge in [0.05, 0.1) is 17.2 Å². The van der Waals surface area contributed by atoms with Crippen LogP contribution in [0.5, 0.6) is 0 Å². The van der Waals surface area contributed by atoms with Crippen molar-refractivity contribution in [3.05, 3.63) is 72.3 Å². The van der Waals surface area contributed by atoms with Crippen LogP contribution in [0.25, 0.3) is 22.2 Å². The van der Waals surface area contributed by atoms with Crippen LogP contribution in [0.15, 0.2) is 61.2 Å². The predicted octanol–water partition coefficient (Wildman–Crippen LogP) is 3.79. The van der Waals surface area contributed by atoms with Gasteiger partial charge in [0.15, 0.2) is 0 Å². The summed E-state index contributed by atoms with van der Waals surface area (Å²) >= 11 is 0. The third-order valence-corrected chi connectivity index (χ3v) is 6.06. The average molecular weight is 398 g/mol. The van der Waals surface area contributed by atoms with E-state index in [4.69, 9.17) is 5.41 Å². The van der Waals surface area contributed by atoms with E-state index in [2.05, 4.69) is 50.7 Å². The lowest BCUT2D eigenvalue weighted by Crippen LogP contribution is -2.50. The van der Waals surface area contributed by atoms with E-state index in [1.165, 1.54) is 6.20 Å². The molecule has 5 rings (SSSR count). The molecule has 0 bridgehead atoms. The van der Waals surface area contributed by atoms with Crippen molar-refractivity contribution in [3.8, 4) is 11.1 Å². The van der Waals surface area contributed by atoms with Crippen LogP contribution >= 0.6 is 0 Å². The maximum Gasteiger partial charge on any atom is 0.259 e. The van der Waals surface area contributed by atoms with Gasteiger partial charge >= 0.3 is 0 Å². The normalized spacial score (nSPS) is 15.0. The topological polar surface area (TPSA) is 99.5 Å². The third kappa shape index (κ3) is 2.99. The molecule has 0 spiro atoms. The van der Waals surface area contributed by atoms with E-state index in [9.17, 15) is 4.79 Å². The Morgan fingerprint density at radius 3 is 2.63 bits per heavy atom. The highest BCUT2D eigenvalue weighted by Gasteiger charge is 2.43. The second-order valence-electron chi connectivity index (χ2n) is 7.88. The standard InChI is InChI=1S/C23H22N6O/c1-29-14-18(13-27-29)21(30)28-22(24)23(8-2-9-23)19-5-3-15(4-6-19)17-11-16-7-10-25-20(16)26-12-17/h3-7,10-14H,2,8-9H2,1H3,(H,25,26)(H2,24,28,30). The van der Waals surface area contributed by atoms with E-state index in [-0.39, 0.29) is 11.7 Å². The summed E-state index contributed by atoms with van der Waals surface area (Å²) in [7, 11) is 1.76. The number of aryl methyl sites for hydroxylation is 1. The predicted molar refractivity (Wildman–Crippen MR) is 115 cm³/mol. The summed E-state index contributed by atoms with van der Waals surface area (Å²) in [6, 6.07) is 12.4. The Hall–Kier alpha value is -3.74. The molecule has 4 aromatic rings. The first-order chi connectivity index (χ1) is 14.5. The first kappa shape index (κ1) is 18.3. The second-order valence-corrected chi connectivity index (χ2v) is 7.88.